The van der Waals surface area contributed by atoms with Crippen molar-refractivity contribution in [2.45, 2.75) is 109 Å². The smallest absolute Gasteiger partial charge is 0.345 e. The molecule has 0 bridgehead atoms. The number of carbonyl (C=O) groups excluding carboxylic acids is 1. The van der Waals surface area contributed by atoms with E-state index in [2.05, 4.69) is 13.8 Å². The van der Waals surface area contributed by atoms with Gasteiger partial charge in [0.2, 0.25) is 5.60 Å². The Morgan fingerprint density at radius 2 is 1.13 bits per heavy atom. The number of carboxylic acids is 3. The molecule has 1 atom stereocenters. The maximum absolute atomic E-state index is 12.6. The highest BCUT2D eigenvalue weighted by molar-refractivity contribution is 5.88. The van der Waals surface area contributed by atoms with E-state index in [4.69, 9.17) is 20.0 Å². The van der Waals surface area contributed by atoms with Crippen molar-refractivity contribution in [3.63, 3.8) is 0 Å². The zero-order valence-electron chi connectivity index (χ0n) is 18.8. The highest BCUT2D eigenvalue weighted by atomic mass is 17.2. The van der Waals surface area contributed by atoms with E-state index in [0.717, 1.165) is 57.8 Å². The Morgan fingerprint density at radius 1 is 0.710 bits per heavy atom. The van der Waals surface area contributed by atoms with Crippen molar-refractivity contribution < 1.29 is 44.3 Å². The lowest BCUT2D eigenvalue weighted by molar-refractivity contribution is -0.331. The highest BCUT2D eigenvalue weighted by Crippen LogP contribution is 2.25. The molecule has 0 rings (SSSR count). The molecule has 3 N–H and O–H groups in total. The van der Waals surface area contributed by atoms with E-state index in [-0.39, 0.29) is 0 Å². The molecule has 1 unspecified atom stereocenters. The van der Waals surface area contributed by atoms with Gasteiger partial charge in [-0.25, -0.2) is 9.59 Å². The average Bonchev–Trinajstić information content (AvgIpc) is 2.69. The van der Waals surface area contributed by atoms with Crippen LogP contribution < -0.4 is 0 Å². The molecule has 9 heteroatoms. The van der Waals surface area contributed by atoms with E-state index in [1.165, 1.54) is 6.42 Å². The molecular formula is C22H38O9. The Kier molecular flexibility index (Phi) is 15.4. The number of hydrogen-bond donors (Lipinski definition) is 3. The fraction of sp³-hybridized carbons (Fsp3) is 0.818. The molecule has 0 aliphatic carbocycles. The van der Waals surface area contributed by atoms with Gasteiger partial charge >= 0.3 is 23.9 Å². The molecule has 0 aliphatic heterocycles. The van der Waals surface area contributed by atoms with Crippen molar-refractivity contribution in [1.29, 1.82) is 0 Å². The van der Waals surface area contributed by atoms with Gasteiger partial charge in [0.05, 0.1) is 18.8 Å². The van der Waals surface area contributed by atoms with E-state index in [1.807, 2.05) is 0 Å². The number of carbonyl (C=O) groups is 4. The van der Waals surface area contributed by atoms with Crippen LogP contribution in [-0.4, -0.2) is 44.8 Å². The third-order valence-electron chi connectivity index (χ3n) is 5.19. The quantitative estimate of drug-likeness (QED) is 0.139. The number of aliphatic carboxylic acids is 3. The van der Waals surface area contributed by atoms with Gasteiger partial charge in [-0.2, -0.15) is 4.89 Å². The largest absolute Gasteiger partial charge is 0.481 e. The fourth-order valence-electron chi connectivity index (χ4n) is 3.35. The summed E-state index contributed by atoms with van der Waals surface area (Å²) in [6.45, 7) is 4.21. The summed E-state index contributed by atoms with van der Waals surface area (Å²) in [5.41, 5.74) is -2.68. The molecule has 0 aromatic heterocycles. The summed E-state index contributed by atoms with van der Waals surface area (Å²) in [7, 11) is 0. The molecule has 0 radical (unpaired) electrons. The van der Waals surface area contributed by atoms with Crippen LogP contribution in [0.4, 0.5) is 0 Å². The van der Waals surface area contributed by atoms with Crippen molar-refractivity contribution >= 4 is 23.9 Å². The minimum absolute atomic E-state index is 0.510. The minimum Gasteiger partial charge on any atom is -0.481 e. The molecule has 0 aliphatic rings. The van der Waals surface area contributed by atoms with Gasteiger partial charge in [-0.3, -0.25) is 14.5 Å². The number of rotatable bonds is 20. The minimum atomic E-state index is -2.68. The average molecular weight is 447 g/mol. The third-order valence-corrected chi connectivity index (χ3v) is 5.19. The zero-order valence-corrected chi connectivity index (χ0v) is 18.8. The van der Waals surface area contributed by atoms with Crippen LogP contribution in [0.1, 0.15) is 104 Å². The predicted molar refractivity (Wildman–Crippen MR) is 112 cm³/mol. The SMILES string of the molecule is CCCCCCCCC(CCCCCC)C(=O)OOC(CC(=O)O)(CC(=O)O)C(=O)O. The van der Waals surface area contributed by atoms with Gasteiger partial charge in [0, 0.05) is 0 Å². The summed E-state index contributed by atoms with van der Waals surface area (Å²) < 4.78 is 0. The number of unbranched alkanes of at least 4 members (excludes halogenated alkanes) is 8. The molecule has 31 heavy (non-hydrogen) atoms. The van der Waals surface area contributed by atoms with Crippen LogP contribution in [0.2, 0.25) is 0 Å². The van der Waals surface area contributed by atoms with E-state index in [1.54, 1.807) is 0 Å². The van der Waals surface area contributed by atoms with E-state index in [0.29, 0.717) is 12.8 Å². The van der Waals surface area contributed by atoms with Gasteiger partial charge in [-0.05, 0) is 12.8 Å². The van der Waals surface area contributed by atoms with Gasteiger partial charge in [0.15, 0.2) is 0 Å². The Hall–Kier alpha value is -2.16. The van der Waals surface area contributed by atoms with Crippen molar-refractivity contribution in [3.05, 3.63) is 0 Å². The first-order valence-corrected chi connectivity index (χ1v) is 11.2. The second kappa shape index (κ2) is 16.5. The summed E-state index contributed by atoms with van der Waals surface area (Å²) in [4.78, 5) is 55.7. The first-order chi connectivity index (χ1) is 14.7. The first-order valence-electron chi connectivity index (χ1n) is 11.2. The summed E-state index contributed by atoms with van der Waals surface area (Å²) in [6, 6.07) is 0. The molecule has 0 aromatic carbocycles. The Labute approximate surface area is 184 Å². The van der Waals surface area contributed by atoms with E-state index < -0.39 is 48.2 Å². The van der Waals surface area contributed by atoms with Crippen LogP contribution in [-0.2, 0) is 29.0 Å². The summed E-state index contributed by atoms with van der Waals surface area (Å²) in [5.74, 6) is -6.28. The standard InChI is InChI=1S/C22H38O9/c1-3-5-7-9-10-12-14-17(13-11-8-6-4-2)20(27)30-31-22(21(28)29,15-18(23)24)16-19(25)26/h17H,3-16H2,1-2H3,(H,23,24)(H,25,26)(H,28,29). The van der Waals surface area contributed by atoms with Gasteiger partial charge < -0.3 is 15.3 Å². The van der Waals surface area contributed by atoms with Gasteiger partial charge in [0.25, 0.3) is 0 Å². The molecule has 180 valence electrons. The molecule has 0 saturated heterocycles. The van der Waals surface area contributed by atoms with Crippen LogP contribution >= 0.6 is 0 Å². The topological polar surface area (TPSA) is 147 Å². The lowest BCUT2D eigenvalue weighted by Crippen LogP contribution is -2.46. The molecule has 0 spiro atoms. The van der Waals surface area contributed by atoms with Gasteiger partial charge in [-0.15, -0.1) is 0 Å². The van der Waals surface area contributed by atoms with Crippen molar-refractivity contribution in [3.8, 4) is 0 Å². The second-order valence-corrected chi connectivity index (χ2v) is 8.03. The summed E-state index contributed by atoms with van der Waals surface area (Å²) in [5, 5.41) is 27.3. The Bertz CT molecular complexity index is 543. The van der Waals surface area contributed by atoms with Crippen molar-refractivity contribution in [2.24, 2.45) is 5.92 Å². The molecule has 9 nitrogen and oxygen atoms in total. The number of hydrogen-bond acceptors (Lipinski definition) is 6. The zero-order chi connectivity index (χ0) is 23.7. The van der Waals surface area contributed by atoms with Crippen molar-refractivity contribution in [2.75, 3.05) is 0 Å². The van der Waals surface area contributed by atoms with Gasteiger partial charge in [0.1, 0.15) is 0 Å². The predicted octanol–water partition coefficient (Wildman–Crippen LogP) is 4.57. The first kappa shape index (κ1) is 28.8. The fourth-order valence-corrected chi connectivity index (χ4v) is 3.35. The molecule has 0 fully saturated rings. The van der Waals surface area contributed by atoms with E-state index >= 15 is 0 Å². The summed E-state index contributed by atoms with van der Waals surface area (Å²) >= 11 is 0. The van der Waals surface area contributed by atoms with Gasteiger partial charge in [-0.1, -0.05) is 78.1 Å². The lowest BCUT2D eigenvalue weighted by atomic mass is 9.94. The van der Waals surface area contributed by atoms with E-state index in [9.17, 15) is 24.3 Å². The van der Waals surface area contributed by atoms with Crippen LogP contribution in [0.3, 0.4) is 0 Å². The molecule has 0 heterocycles. The lowest BCUT2D eigenvalue weighted by Gasteiger charge is -2.25. The van der Waals surface area contributed by atoms with Crippen molar-refractivity contribution in [1.82, 2.24) is 0 Å². The Balaban J connectivity index is 5.03. The molecular weight excluding hydrogens is 408 g/mol. The maximum atomic E-state index is 12.6. The summed E-state index contributed by atoms with van der Waals surface area (Å²) in [6.07, 6.45) is 8.93. The highest BCUT2D eigenvalue weighted by Gasteiger charge is 2.47. The van der Waals surface area contributed by atoms with Crippen LogP contribution in [0.25, 0.3) is 0 Å². The molecule has 0 amide bonds. The molecule has 0 aromatic rings. The monoisotopic (exact) mass is 446 g/mol. The van der Waals surface area contributed by atoms with Crippen LogP contribution in [0, 0.1) is 5.92 Å². The van der Waals surface area contributed by atoms with Crippen LogP contribution in [0.15, 0.2) is 0 Å². The van der Waals surface area contributed by atoms with Crippen LogP contribution in [0.5, 0.6) is 0 Å². The normalized spacial score (nSPS) is 12.3. The second-order valence-electron chi connectivity index (χ2n) is 8.03. The Morgan fingerprint density at radius 3 is 1.55 bits per heavy atom. The maximum Gasteiger partial charge on any atom is 0.345 e. The third kappa shape index (κ3) is 13.0. The number of carboxylic acid groups (broad SMARTS) is 3. The molecule has 0 saturated carbocycles.